The van der Waals surface area contributed by atoms with E-state index in [1.165, 1.54) is 5.57 Å². The van der Waals surface area contributed by atoms with E-state index in [9.17, 15) is 9.90 Å². The molecule has 396 valence electrons. The van der Waals surface area contributed by atoms with Crippen molar-refractivity contribution in [2.24, 2.45) is 11.8 Å². The lowest BCUT2D eigenvalue weighted by molar-refractivity contribution is -0.255. The SMILES string of the molecule is C=C=C(C)C[C@@H](C)CC[C@@H]1OC(CC(C)C(=O)CC2O[C@H]3[C@@H](O[Si](c4ccccc4)(c4ccccc4)C(C)(C)C)[C@H]4O[C@@H](CC(=O)O)CC[C@@H]4O[C@H]3[C@H]2O[Si](c2ccccc2)(c2ccccc2)C(C)(C)C)CC1=C. The van der Waals surface area contributed by atoms with Gasteiger partial charge in [0.2, 0.25) is 0 Å². The van der Waals surface area contributed by atoms with E-state index in [0.717, 1.165) is 52.0 Å². The van der Waals surface area contributed by atoms with Gasteiger partial charge in [0.05, 0.1) is 36.9 Å². The van der Waals surface area contributed by atoms with Crippen LogP contribution in [-0.2, 0) is 37.4 Å². The topological polar surface area (TPSA) is 110 Å². The van der Waals surface area contributed by atoms with Gasteiger partial charge < -0.3 is 32.9 Å². The molecule has 0 spiro atoms. The van der Waals surface area contributed by atoms with Crippen LogP contribution in [0.1, 0.15) is 120 Å². The number of hydrogen-bond donors (Lipinski definition) is 1. The number of benzene rings is 4. The van der Waals surface area contributed by atoms with Gasteiger partial charge in [0.1, 0.15) is 36.3 Å². The maximum atomic E-state index is 15.1. The average molecular weight is 1040 g/mol. The minimum Gasteiger partial charge on any atom is -0.481 e. The van der Waals surface area contributed by atoms with Crippen molar-refractivity contribution in [3.05, 3.63) is 151 Å². The molecule has 0 radical (unpaired) electrons. The first-order valence-electron chi connectivity index (χ1n) is 27.2. The van der Waals surface area contributed by atoms with Gasteiger partial charge in [-0.1, -0.05) is 190 Å². The molecule has 4 aliphatic rings. The van der Waals surface area contributed by atoms with Crippen LogP contribution in [0.2, 0.25) is 10.1 Å². The molecule has 4 heterocycles. The van der Waals surface area contributed by atoms with Crippen molar-refractivity contribution in [3.8, 4) is 0 Å². The van der Waals surface area contributed by atoms with Crippen molar-refractivity contribution in [1.29, 1.82) is 0 Å². The van der Waals surface area contributed by atoms with Gasteiger partial charge in [-0.2, -0.15) is 0 Å². The van der Waals surface area contributed by atoms with E-state index in [0.29, 0.717) is 25.2 Å². The summed E-state index contributed by atoms with van der Waals surface area (Å²) in [5, 5.41) is 13.7. The smallest absolute Gasteiger partial charge is 0.305 e. The molecule has 4 aliphatic heterocycles. The van der Waals surface area contributed by atoms with Crippen LogP contribution >= 0.6 is 0 Å². The fraction of sp³-hybridized carbons (Fsp3) is 0.508. The molecule has 12 atom stereocenters. The van der Waals surface area contributed by atoms with Gasteiger partial charge in [-0.15, -0.1) is 5.73 Å². The third kappa shape index (κ3) is 11.7. The van der Waals surface area contributed by atoms with E-state index in [4.69, 9.17) is 27.8 Å². The summed E-state index contributed by atoms with van der Waals surface area (Å²) in [6.45, 7) is 28.2. The molecule has 3 unspecified atom stereocenters. The van der Waals surface area contributed by atoms with Crippen molar-refractivity contribution in [2.75, 3.05) is 0 Å². The number of ketones is 1. The third-order valence-electron chi connectivity index (χ3n) is 16.4. The molecule has 4 aromatic rings. The second kappa shape index (κ2) is 23.4. The van der Waals surface area contributed by atoms with Gasteiger partial charge >= 0.3 is 5.97 Å². The number of ether oxygens (including phenoxy) is 4. The Hall–Kier alpha value is -4.53. The van der Waals surface area contributed by atoms with E-state index in [2.05, 4.69) is 171 Å². The molecule has 0 bridgehead atoms. The zero-order chi connectivity index (χ0) is 53.0. The van der Waals surface area contributed by atoms with Crippen molar-refractivity contribution in [2.45, 2.75) is 191 Å². The Bertz CT molecular complexity index is 2490. The van der Waals surface area contributed by atoms with Gasteiger partial charge in [0.15, 0.2) is 0 Å². The van der Waals surface area contributed by atoms with Gasteiger partial charge in [0.25, 0.3) is 16.6 Å². The van der Waals surface area contributed by atoms with Crippen LogP contribution in [0, 0.1) is 11.8 Å². The first-order chi connectivity index (χ1) is 35.2. The number of carboxylic acid groups (broad SMARTS) is 1. The highest BCUT2D eigenvalue weighted by Gasteiger charge is 2.64. The number of carboxylic acids is 1. The number of Topliss-reactive ketones (excluding diaryl/α,β-unsaturated/α-hetero) is 1. The van der Waals surface area contributed by atoms with Crippen LogP contribution in [0.4, 0.5) is 0 Å². The Morgan fingerprint density at radius 1 is 0.676 bits per heavy atom. The third-order valence-corrected chi connectivity index (χ3v) is 26.5. The average Bonchev–Trinajstić information content (AvgIpc) is 3.90. The summed E-state index contributed by atoms with van der Waals surface area (Å²) in [6.07, 6.45) is -0.161. The lowest BCUT2D eigenvalue weighted by Crippen LogP contribution is -2.73. The number of rotatable bonds is 20. The summed E-state index contributed by atoms with van der Waals surface area (Å²) in [5.41, 5.74) is 5.30. The normalized spacial score (nSPS) is 27.1. The van der Waals surface area contributed by atoms with E-state index < -0.39 is 81.5 Å². The predicted octanol–water partition coefficient (Wildman–Crippen LogP) is 10.7. The van der Waals surface area contributed by atoms with Crippen LogP contribution < -0.4 is 20.7 Å². The number of fused-ring (bicyclic) bond motifs is 2. The predicted molar refractivity (Wildman–Crippen MR) is 300 cm³/mol. The standard InChI is InChI=1S/C63H82O9Si2/c1-12-42(2)37-43(3)33-35-53-45(5)39-47(67-53)38-44(4)52(64)41-55-58(71-73(62(6,7)8,48-25-17-13-18-26-48)49-27-19-14-20-28-49)59-60(70-55)61(57-54(69-59)36-34-46(68-57)40-56(65)66)72-74(63(9,10)11,50-29-21-15-22-30-50)51-31-23-16-24-32-51/h13-32,43-44,46-47,53-55,57-61H,1,5,33-41H2,2-4,6-11H3,(H,65,66)/t43-,44?,46+,47?,53-,54-,55?,57-,58-,59-,60+,61-/m0/s1. The highest BCUT2D eigenvalue weighted by atomic mass is 28.4. The quantitative estimate of drug-likeness (QED) is 0.0526. The Morgan fingerprint density at radius 2 is 1.16 bits per heavy atom. The minimum atomic E-state index is -3.32. The van der Waals surface area contributed by atoms with Crippen molar-refractivity contribution in [3.63, 3.8) is 0 Å². The maximum Gasteiger partial charge on any atom is 0.305 e. The number of allylic oxidation sites excluding steroid dienone is 1. The molecule has 8 rings (SSSR count). The van der Waals surface area contributed by atoms with E-state index in [-0.39, 0.29) is 36.8 Å². The lowest BCUT2D eigenvalue weighted by Gasteiger charge is -2.53. The summed E-state index contributed by atoms with van der Waals surface area (Å²) in [7, 11) is -6.61. The van der Waals surface area contributed by atoms with Crippen LogP contribution in [0.5, 0.6) is 0 Å². The van der Waals surface area contributed by atoms with Crippen molar-refractivity contribution < 1.29 is 42.5 Å². The van der Waals surface area contributed by atoms with Gasteiger partial charge in [-0.25, -0.2) is 0 Å². The molecular formula is C63H82O9Si2. The summed E-state index contributed by atoms with van der Waals surface area (Å²) >= 11 is 0. The van der Waals surface area contributed by atoms with E-state index >= 15 is 4.79 Å². The molecule has 9 nitrogen and oxygen atoms in total. The molecule has 11 heteroatoms. The van der Waals surface area contributed by atoms with Crippen LogP contribution in [0.3, 0.4) is 0 Å². The zero-order valence-electron chi connectivity index (χ0n) is 45.5. The Labute approximate surface area is 444 Å². The first-order valence-corrected chi connectivity index (χ1v) is 31.0. The number of aliphatic carboxylic acids is 1. The second-order valence-corrected chi connectivity index (χ2v) is 32.4. The molecule has 4 saturated heterocycles. The summed E-state index contributed by atoms with van der Waals surface area (Å²) < 4.78 is 44.8. The minimum absolute atomic E-state index is 0.0336. The van der Waals surface area contributed by atoms with Gasteiger partial charge in [-0.05, 0) is 99.8 Å². The maximum absolute atomic E-state index is 15.1. The fourth-order valence-electron chi connectivity index (χ4n) is 12.7. The molecule has 0 aromatic heterocycles. The van der Waals surface area contributed by atoms with Crippen molar-refractivity contribution >= 4 is 49.1 Å². The molecule has 0 amide bonds. The highest BCUT2D eigenvalue weighted by Crippen LogP contribution is 2.48. The van der Waals surface area contributed by atoms with Crippen LogP contribution in [-0.4, -0.2) is 94.5 Å². The molecule has 0 aliphatic carbocycles. The van der Waals surface area contributed by atoms with Crippen molar-refractivity contribution in [1.82, 2.24) is 0 Å². The molecule has 74 heavy (non-hydrogen) atoms. The summed E-state index contributed by atoms with van der Waals surface area (Å²) in [4.78, 5) is 27.4. The molecule has 0 saturated carbocycles. The fourth-order valence-corrected chi connectivity index (χ4v) is 22.1. The van der Waals surface area contributed by atoms with Crippen LogP contribution in [0.15, 0.2) is 151 Å². The summed E-state index contributed by atoms with van der Waals surface area (Å²) in [6, 6.07) is 42.2. The number of carbonyl (C=O) groups is 2. The zero-order valence-corrected chi connectivity index (χ0v) is 47.5. The molecule has 4 fully saturated rings. The first kappa shape index (κ1) is 55.7. The molecule has 1 N–H and O–H groups in total. The largest absolute Gasteiger partial charge is 0.481 e. The lowest BCUT2D eigenvalue weighted by atomic mass is 9.87. The van der Waals surface area contributed by atoms with Crippen LogP contribution in [0.25, 0.3) is 0 Å². The highest BCUT2D eigenvalue weighted by molar-refractivity contribution is 7.00. The monoisotopic (exact) mass is 1040 g/mol. The summed E-state index contributed by atoms with van der Waals surface area (Å²) in [5.74, 6) is -0.699. The Balaban J connectivity index is 1.20. The number of carbonyl (C=O) groups excluding carboxylic acids is 1. The van der Waals surface area contributed by atoms with Gasteiger partial charge in [-0.3, -0.25) is 9.59 Å². The second-order valence-electron chi connectivity index (χ2n) is 23.9. The Morgan fingerprint density at radius 3 is 1.64 bits per heavy atom. The van der Waals surface area contributed by atoms with E-state index in [1.807, 2.05) is 31.2 Å². The van der Waals surface area contributed by atoms with Gasteiger partial charge in [0, 0.05) is 12.3 Å². The Kier molecular flexibility index (Phi) is 17.6. The molecule has 4 aromatic carbocycles. The molecular weight excluding hydrogens is 957 g/mol. The number of hydrogen-bond acceptors (Lipinski definition) is 8. The van der Waals surface area contributed by atoms with E-state index in [1.54, 1.807) is 0 Å².